The first-order valence-corrected chi connectivity index (χ1v) is 8.25. The zero-order valence-electron chi connectivity index (χ0n) is 10.9. The van der Waals surface area contributed by atoms with Gasteiger partial charge in [-0.25, -0.2) is 13.1 Å². The lowest BCUT2D eigenvalue weighted by Crippen LogP contribution is -2.22. The molecule has 21 heavy (non-hydrogen) atoms. The fraction of sp³-hybridized carbons (Fsp3) is 0.167. The van der Waals surface area contributed by atoms with Crippen LogP contribution in [0.1, 0.15) is 10.4 Å². The second-order valence-corrected chi connectivity index (χ2v) is 7.30. The highest BCUT2D eigenvalue weighted by Crippen LogP contribution is 2.22. The second kappa shape index (κ2) is 6.31. The zero-order chi connectivity index (χ0) is 15.5. The van der Waals surface area contributed by atoms with E-state index >= 15 is 0 Å². The Labute approximate surface area is 125 Å². The molecule has 0 atom stereocenters. The molecular formula is C12H13N3O4S2. The monoisotopic (exact) mass is 327 g/mol. The highest BCUT2D eigenvalue weighted by atomic mass is 32.2. The van der Waals surface area contributed by atoms with E-state index in [1.165, 1.54) is 24.3 Å². The highest BCUT2D eigenvalue weighted by molar-refractivity contribution is 7.91. The average Bonchev–Trinajstić information content (AvgIpc) is 2.95. The molecule has 9 heteroatoms. The molecule has 0 aliphatic rings. The number of nitro groups is 1. The minimum Gasteiger partial charge on any atom is -0.326 e. The van der Waals surface area contributed by atoms with E-state index in [1.807, 2.05) is 0 Å². The number of nitrogens with two attached hydrogens (primary N) is 1. The largest absolute Gasteiger partial charge is 0.326 e. The Morgan fingerprint density at radius 1 is 1.24 bits per heavy atom. The number of nitrogens with zero attached hydrogens (tertiary/aromatic N) is 1. The molecule has 0 aliphatic carbocycles. The van der Waals surface area contributed by atoms with Gasteiger partial charge < -0.3 is 5.73 Å². The molecule has 1 aromatic heterocycles. The fourth-order valence-electron chi connectivity index (χ4n) is 1.69. The van der Waals surface area contributed by atoms with Gasteiger partial charge in [0.05, 0.1) is 4.92 Å². The number of sulfonamides is 1. The topological polar surface area (TPSA) is 115 Å². The number of thiophene rings is 1. The number of hydrogen-bond donors (Lipinski definition) is 2. The number of rotatable bonds is 6. The summed E-state index contributed by atoms with van der Waals surface area (Å²) in [7, 11) is -3.70. The van der Waals surface area contributed by atoms with Crippen molar-refractivity contribution in [2.45, 2.75) is 17.3 Å². The minimum atomic E-state index is -3.70. The van der Waals surface area contributed by atoms with E-state index < -0.39 is 14.9 Å². The van der Waals surface area contributed by atoms with Gasteiger partial charge in [0.2, 0.25) is 10.0 Å². The molecule has 2 rings (SSSR count). The Morgan fingerprint density at radius 2 is 1.95 bits per heavy atom. The van der Waals surface area contributed by atoms with E-state index in [-0.39, 0.29) is 23.0 Å². The molecule has 0 radical (unpaired) electrons. The molecule has 0 saturated heterocycles. The maximum atomic E-state index is 12.1. The summed E-state index contributed by atoms with van der Waals surface area (Å²) < 4.78 is 26.7. The Balaban J connectivity index is 2.17. The fourth-order valence-corrected chi connectivity index (χ4v) is 3.98. The van der Waals surface area contributed by atoms with Gasteiger partial charge in [-0.2, -0.15) is 0 Å². The lowest BCUT2D eigenvalue weighted by molar-refractivity contribution is -0.385. The summed E-state index contributed by atoms with van der Waals surface area (Å²) >= 11 is 1.08. The summed E-state index contributed by atoms with van der Waals surface area (Å²) in [5.74, 6) is 0. The van der Waals surface area contributed by atoms with Gasteiger partial charge in [-0.1, -0.05) is 18.2 Å². The Hall–Kier alpha value is -1.81. The molecule has 0 unspecified atom stereocenters. The molecule has 112 valence electrons. The maximum Gasteiger partial charge on any atom is 0.273 e. The summed E-state index contributed by atoms with van der Waals surface area (Å²) in [6, 6.07) is 9.11. The van der Waals surface area contributed by atoms with E-state index in [9.17, 15) is 18.5 Å². The Bertz CT molecular complexity index is 755. The summed E-state index contributed by atoms with van der Waals surface area (Å²) in [5.41, 5.74) is 5.64. The van der Waals surface area contributed by atoms with Gasteiger partial charge in [-0.05, 0) is 12.1 Å². The van der Waals surface area contributed by atoms with Gasteiger partial charge in [0.25, 0.3) is 5.69 Å². The van der Waals surface area contributed by atoms with Gasteiger partial charge in [-0.3, -0.25) is 10.1 Å². The van der Waals surface area contributed by atoms with E-state index in [4.69, 9.17) is 5.73 Å². The molecule has 7 nitrogen and oxygen atoms in total. The van der Waals surface area contributed by atoms with Gasteiger partial charge in [0.15, 0.2) is 0 Å². The number of benzene rings is 1. The van der Waals surface area contributed by atoms with Gasteiger partial charge in [-0.15, -0.1) is 11.3 Å². The van der Waals surface area contributed by atoms with Crippen LogP contribution < -0.4 is 10.5 Å². The van der Waals surface area contributed by atoms with Crippen LogP contribution in [-0.2, 0) is 23.1 Å². The molecule has 0 bridgehead atoms. The quantitative estimate of drug-likeness (QED) is 0.617. The van der Waals surface area contributed by atoms with Crippen molar-refractivity contribution in [2.24, 2.45) is 5.73 Å². The van der Waals surface area contributed by atoms with Crippen molar-refractivity contribution in [1.29, 1.82) is 0 Å². The Kier molecular flexibility index (Phi) is 4.68. The van der Waals surface area contributed by atoms with Crippen molar-refractivity contribution in [3.05, 3.63) is 57.0 Å². The molecule has 3 N–H and O–H groups in total. The summed E-state index contributed by atoms with van der Waals surface area (Å²) in [6.45, 7) is 0.125. The van der Waals surface area contributed by atoms with Crippen molar-refractivity contribution in [3.63, 3.8) is 0 Å². The highest BCUT2D eigenvalue weighted by Gasteiger charge is 2.19. The van der Waals surface area contributed by atoms with E-state index in [0.29, 0.717) is 5.56 Å². The SMILES string of the molecule is NCc1ccc(S(=O)(=O)NCc2ccccc2[N+](=O)[O-])s1. The Morgan fingerprint density at radius 3 is 2.57 bits per heavy atom. The lowest BCUT2D eigenvalue weighted by atomic mass is 10.2. The van der Waals surface area contributed by atoms with Gasteiger partial charge >= 0.3 is 0 Å². The molecule has 0 saturated carbocycles. The molecule has 0 amide bonds. The number of para-hydroxylation sites is 1. The van der Waals surface area contributed by atoms with Crippen LogP contribution in [0.3, 0.4) is 0 Å². The predicted octanol–water partition coefficient (Wildman–Crippen LogP) is 1.59. The van der Waals surface area contributed by atoms with Crippen molar-refractivity contribution in [2.75, 3.05) is 0 Å². The maximum absolute atomic E-state index is 12.1. The van der Waals surface area contributed by atoms with Crippen molar-refractivity contribution >= 4 is 27.0 Å². The normalized spacial score (nSPS) is 11.5. The van der Waals surface area contributed by atoms with Crippen LogP contribution in [0.4, 0.5) is 5.69 Å². The molecule has 1 heterocycles. The summed E-state index contributed by atoms with van der Waals surface area (Å²) in [6.07, 6.45) is 0. The third kappa shape index (κ3) is 3.64. The molecule has 0 spiro atoms. The smallest absolute Gasteiger partial charge is 0.273 e. The van der Waals surface area contributed by atoms with E-state index in [2.05, 4.69) is 4.72 Å². The number of nitrogens with one attached hydrogen (secondary N) is 1. The first-order valence-electron chi connectivity index (χ1n) is 5.95. The van der Waals surface area contributed by atoms with Crippen LogP contribution in [0.15, 0.2) is 40.6 Å². The average molecular weight is 327 g/mol. The van der Waals surface area contributed by atoms with Crippen LogP contribution in [-0.4, -0.2) is 13.3 Å². The van der Waals surface area contributed by atoms with E-state index in [0.717, 1.165) is 16.2 Å². The third-order valence-electron chi connectivity index (χ3n) is 2.74. The van der Waals surface area contributed by atoms with Crippen LogP contribution in [0, 0.1) is 10.1 Å². The molecule has 0 aliphatic heterocycles. The molecule has 1 aromatic carbocycles. The molecule has 2 aromatic rings. The van der Waals surface area contributed by atoms with E-state index in [1.54, 1.807) is 12.1 Å². The van der Waals surface area contributed by atoms with Crippen molar-refractivity contribution in [1.82, 2.24) is 4.72 Å². The summed E-state index contributed by atoms with van der Waals surface area (Å²) in [5, 5.41) is 10.9. The van der Waals surface area contributed by atoms with Crippen LogP contribution in [0.25, 0.3) is 0 Å². The van der Waals surface area contributed by atoms with Crippen LogP contribution in [0.5, 0.6) is 0 Å². The number of nitro benzene ring substituents is 1. The first kappa shape index (κ1) is 15.6. The molecule has 0 fully saturated rings. The first-order chi connectivity index (χ1) is 9.94. The minimum absolute atomic E-state index is 0.117. The van der Waals surface area contributed by atoms with Crippen LogP contribution in [0.2, 0.25) is 0 Å². The lowest BCUT2D eigenvalue weighted by Gasteiger charge is -2.05. The number of hydrogen-bond acceptors (Lipinski definition) is 6. The summed E-state index contributed by atoms with van der Waals surface area (Å²) in [4.78, 5) is 11.1. The van der Waals surface area contributed by atoms with Crippen molar-refractivity contribution < 1.29 is 13.3 Å². The van der Waals surface area contributed by atoms with Crippen LogP contribution >= 0.6 is 11.3 Å². The zero-order valence-corrected chi connectivity index (χ0v) is 12.5. The third-order valence-corrected chi connectivity index (χ3v) is 5.74. The second-order valence-electron chi connectivity index (χ2n) is 4.14. The van der Waals surface area contributed by atoms with Crippen molar-refractivity contribution in [3.8, 4) is 0 Å². The van der Waals surface area contributed by atoms with Gasteiger partial charge in [0.1, 0.15) is 4.21 Å². The van der Waals surface area contributed by atoms with Gasteiger partial charge in [0, 0.05) is 29.6 Å². The standard InChI is InChI=1S/C12H13N3O4S2/c13-7-10-5-6-12(20-10)21(18,19)14-8-9-3-1-2-4-11(9)15(16)17/h1-6,14H,7-8,13H2. The molecular weight excluding hydrogens is 314 g/mol. The predicted molar refractivity (Wildman–Crippen MR) is 79.3 cm³/mol.